The first-order valence-corrected chi connectivity index (χ1v) is 12.2. The van der Waals surface area contributed by atoms with Crippen LogP contribution >= 0.6 is 0 Å². The van der Waals surface area contributed by atoms with Crippen LogP contribution in [0.3, 0.4) is 0 Å². The highest BCUT2D eigenvalue weighted by Crippen LogP contribution is 2.23. The predicted molar refractivity (Wildman–Crippen MR) is 134 cm³/mol. The molecule has 2 aromatic rings. The highest BCUT2D eigenvalue weighted by atomic mass is 16.5. The second-order valence-corrected chi connectivity index (χ2v) is 7.98. The summed E-state index contributed by atoms with van der Waals surface area (Å²) < 4.78 is 17.2. The third-order valence-electron chi connectivity index (χ3n) is 5.42. The third-order valence-corrected chi connectivity index (χ3v) is 5.42. The van der Waals surface area contributed by atoms with Gasteiger partial charge in [-0.25, -0.2) is 0 Å². The van der Waals surface area contributed by atoms with E-state index in [9.17, 15) is 0 Å². The van der Waals surface area contributed by atoms with E-state index in [2.05, 4.69) is 43.0 Å². The molecular weight excluding hydrogens is 414 g/mol. The van der Waals surface area contributed by atoms with Gasteiger partial charge in [-0.15, -0.1) is 0 Å². The minimum atomic E-state index is 0.641. The lowest BCUT2D eigenvalue weighted by Gasteiger charge is -2.25. The summed E-state index contributed by atoms with van der Waals surface area (Å²) in [5.41, 5.74) is 1.21. The molecular formula is C27H41N3O3. The van der Waals surface area contributed by atoms with E-state index in [0.29, 0.717) is 6.61 Å². The molecule has 0 amide bonds. The molecule has 6 nitrogen and oxygen atoms in total. The number of hydrogen-bond acceptors (Lipinski definition) is 6. The van der Waals surface area contributed by atoms with Crippen LogP contribution in [-0.2, 0) is 0 Å². The van der Waals surface area contributed by atoms with Crippen molar-refractivity contribution in [3.63, 3.8) is 0 Å². The molecule has 33 heavy (non-hydrogen) atoms. The van der Waals surface area contributed by atoms with Gasteiger partial charge in [0.15, 0.2) is 0 Å². The van der Waals surface area contributed by atoms with E-state index < -0.39 is 0 Å². The van der Waals surface area contributed by atoms with Gasteiger partial charge in [-0.05, 0) is 49.2 Å². The number of rotatable bonds is 17. The van der Waals surface area contributed by atoms with Crippen LogP contribution in [0.2, 0.25) is 0 Å². The fourth-order valence-electron chi connectivity index (χ4n) is 3.53. The average Bonchev–Trinajstić information content (AvgIpc) is 2.87. The number of nitrogens with zero attached hydrogens (tertiary/aromatic N) is 3. The van der Waals surface area contributed by atoms with Crippen LogP contribution in [-0.4, -0.2) is 33.4 Å². The van der Waals surface area contributed by atoms with Crippen molar-refractivity contribution in [2.24, 2.45) is 0 Å². The molecule has 0 fully saturated rings. The summed E-state index contributed by atoms with van der Waals surface area (Å²) in [4.78, 5) is 2.42. The largest absolute Gasteiger partial charge is 0.497 e. The molecule has 182 valence electrons. The highest BCUT2D eigenvalue weighted by Gasteiger charge is 2.09. The first kappa shape index (κ1) is 28.1. The Kier molecular flexibility index (Phi) is 15.8. The van der Waals surface area contributed by atoms with Crippen molar-refractivity contribution in [2.75, 3.05) is 38.3 Å². The fraction of sp³-hybridized carbons (Fsp3) is 0.556. The van der Waals surface area contributed by atoms with Crippen molar-refractivity contribution >= 4 is 5.69 Å². The maximum Gasteiger partial charge on any atom is 0.121 e. The Morgan fingerprint density at radius 2 is 1.30 bits per heavy atom. The molecule has 0 aliphatic carbocycles. The van der Waals surface area contributed by atoms with Crippen LogP contribution in [0.1, 0.15) is 65.2 Å². The predicted octanol–water partition coefficient (Wildman–Crippen LogP) is 7.15. The number of methoxy groups -OCH3 is 1. The normalized spacial score (nSPS) is 10.1. The van der Waals surface area contributed by atoms with E-state index in [4.69, 9.17) is 25.0 Å². The summed E-state index contributed by atoms with van der Waals surface area (Å²) in [6.45, 7) is 7.80. The summed E-state index contributed by atoms with van der Waals surface area (Å²) in [5, 5.41) is 12.0. The van der Waals surface area contributed by atoms with E-state index in [-0.39, 0.29) is 0 Å². The van der Waals surface area contributed by atoms with E-state index in [0.717, 1.165) is 43.4 Å². The molecule has 0 atom stereocenters. The van der Waals surface area contributed by atoms with Crippen LogP contribution in [0.25, 0.3) is 0 Å². The number of unbranched alkanes of at least 4 members (excludes halogenated alkanes) is 6. The van der Waals surface area contributed by atoms with Gasteiger partial charge in [0, 0.05) is 29.1 Å². The molecule has 0 aliphatic heterocycles. The van der Waals surface area contributed by atoms with Crippen LogP contribution in [0.4, 0.5) is 5.69 Å². The summed E-state index contributed by atoms with van der Waals surface area (Å²) in [6.07, 6.45) is 9.89. The van der Waals surface area contributed by atoms with Gasteiger partial charge < -0.3 is 19.1 Å². The second kappa shape index (κ2) is 18.6. The molecule has 0 N–H and O–H groups in total. The number of ether oxygens (including phenoxy) is 3. The van der Waals surface area contributed by atoms with Crippen molar-refractivity contribution in [3.8, 4) is 17.2 Å². The number of benzene rings is 2. The lowest BCUT2D eigenvalue weighted by atomic mass is 10.2. The van der Waals surface area contributed by atoms with Crippen LogP contribution in [0, 0.1) is 10.8 Å². The Balaban J connectivity index is 0.00000265. The Morgan fingerprint density at radius 3 is 1.97 bits per heavy atom. The summed E-state index contributed by atoms with van der Waals surface area (Å²) in [5.74, 6) is 2.68. The van der Waals surface area contributed by atoms with Crippen LogP contribution in [0.15, 0.2) is 48.5 Å². The molecule has 2 rings (SSSR count). The van der Waals surface area contributed by atoms with Gasteiger partial charge in [0.1, 0.15) is 23.9 Å². The molecule has 0 aromatic heterocycles. The Bertz CT molecular complexity index is 750. The maximum absolute atomic E-state index is 6.01. The Hall–Kier alpha value is -2.94. The monoisotopic (exact) mass is 455 g/mol. The van der Waals surface area contributed by atoms with Crippen molar-refractivity contribution in [2.45, 2.75) is 65.2 Å². The first-order chi connectivity index (χ1) is 16.3. The Labute approximate surface area is 200 Å². The van der Waals surface area contributed by atoms with E-state index in [1.54, 1.807) is 7.11 Å². The molecule has 2 aromatic carbocycles. The maximum atomic E-state index is 6.01. The molecule has 0 saturated heterocycles. The quantitative estimate of drug-likeness (QED) is 0.186. The molecule has 0 radical (unpaired) electrons. The zero-order valence-electron chi connectivity index (χ0n) is 20.7. The van der Waals surface area contributed by atoms with Gasteiger partial charge in [-0.1, -0.05) is 58.4 Å². The first-order valence-electron chi connectivity index (χ1n) is 12.2. The van der Waals surface area contributed by atoms with Gasteiger partial charge in [0.05, 0.1) is 20.3 Å². The van der Waals surface area contributed by atoms with E-state index >= 15 is 0 Å². The van der Waals surface area contributed by atoms with Crippen molar-refractivity contribution < 1.29 is 14.2 Å². The smallest absolute Gasteiger partial charge is 0.121 e. The highest BCUT2D eigenvalue weighted by molar-refractivity contribution is 5.50. The molecule has 0 saturated carbocycles. The summed E-state index contributed by atoms with van der Waals surface area (Å²) in [6, 6.07) is 16.3. The van der Waals surface area contributed by atoms with E-state index in [1.807, 2.05) is 24.3 Å². The number of anilines is 1. The zero-order chi connectivity index (χ0) is 24.2. The van der Waals surface area contributed by atoms with Crippen molar-refractivity contribution in [1.29, 1.82) is 10.8 Å². The van der Waals surface area contributed by atoms with Gasteiger partial charge in [0.2, 0.25) is 0 Å². The standard InChI is InChI=1S/C27H41NO3.N2/c1-4-6-8-10-19-28(20-22-31-26-17-15-25(29-3)16-18-26)24-13-12-14-27(23-24)30-21-11-9-7-5-2;1-2/h12-18,23H,4-11,19-22H2,1-3H3;. The molecule has 6 heteroatoms. The van der Waals surface area contributed by atoms with E-state index in [1.165, 1.54) is 50.6 Å². The SMILES string of the molecule is CCCCCCOc1cccc(N(CCCCCC)CCOc2ccc(OC)cc2)c1.N#N. The minimum Gasteiger partial charge on any atom is -0.497 e. The topological polar surface area (TPSA) is 78.5 Å². The molecule has 0 bridgehead atoms. The summed E-state index contributed by atoms with van der Waals surface area (Å²) >= 11 is 0. The fourth-order valence-corrected chi connectivity index (χ4v) is 3.53. The number of hydrogen-bond donors (Lipinski definition) is 0. The van der Waals surface area contributed by atoms with Crippen LogP contribution in [0.5, 0.6) is 17.2 Å². The molecule has 0 unspecified atom stereocenters. The van der Waals surface area contributed by atoms with Crippen molar-refractivity contribution in [1.82, 2.24) is 0 Å². The van der Waals surface area contributed by atoms with Gasteiger partial charge >= 0.3 is 0 Å². The third kappa shape index (κ3) is 12.0. The van der Waals surface area contributed by atoms with Gasteiger partial charge in [0.25, 0.3) is 0 Å². The molecule has 0 heterocycles. The Morgan fingerprint density at radius 1 is 0.667 bits per heavy atom. The van der Waals surface area contributed by atoms with Crippen LogP contribution < -0.4 is 19.1 Å². The lowest BCUT2D eigenvalue weighted by Crippen LogP contribution is -2.29. The van der Waals surface area contributed by atoms with Gasteiger partial charge in [-0.2, -0.15) is 0 Å². The van der Waals surface area contributed by atoms with Gasteiger partial charge in [-0.3, -0.25) is 0 Å². The average molecular weight is 456 g/mol. The molecule has 0 aliphatic rings. The summed E-state index contributed by atoms with van der Waals surface area (Å²) in [7, 11) is 1.68. The second-order valence-electron chi connectivity index (χ2n) is 7.98. The minimum absolute atomic E-state index is 0.641. The van der Waals surface area contributed by atoms with Crippen molar-refractivity contribution in [3.05, 3.63) is 48.5 Å². The zero-order valence-corrected chi connectivity index (χ0v) is 20.7. The molecule has 0 spiro atoms. The lowest BCUT2D eigenvalue weighted by molar-refractivity contribution is 0.304.